The third-order valence-corrected chi connectivity index (χ3v) is 10.7. The molecule has 4 heterocycles. The van der Waals surface area contributed by atoms with E-state index in [9.17, 15) is 4.39 Å². The van der Waals surface area contributed by atoms with Gasteiger partial charge in [0.05, 0.1) is 11.4 Å². The Hall–Kier alpha value is -7.70. The molecular formula is C51H30FN3O2. The highest BCUT2D eigenvalue weighted by Gasteiger charge is 2.16. The number of halogens is 1. The van der Waals surface area contributed by atoms with Gasteiger partial charge in [-0.2, -0.15) is 0 Å². The van der Waals surface area contributed by atoms with Gasteiger partial charge < -0.3 is 8.83 Å². The number of aromatic nitrogens is 3. The van der Waals surface area contributed by atoms with Crippen molar-refractivity contribution in [1.29, 1.82) is 0 Å². The van der Waals surface area contributed by atoms with Gasteiger partial charge in [-0.15, -0.1) is 0 Å². The van der Waals surface area contributed by atoms with E-state index in [0.717, 1.165) is 99.6 Å². The summed E-state index contributed by atoms with van der Waals surface area (Å²) in [5, 5.41) is 4.25. The Labute approximate surface area is 326 Å². The highest BCUT2D eigenvalue weighted by molar-refractivity contribution is 6.07. The average molecular weight is 736 g/mol. The summed E-state index contributed by atoms with van der Waals surface area (Å²) in [6.07, 6.45) is 3.62. The molecule has 0 radical (unpaired) electrons. The van der Waals surface area contributed by atoms with Crippen molar-refractivity contribution in [2.75, 3.05) is 0 Å². The lowest BCUT2D eigenvalue weighted by Crippen LogP contribution is -1.97. The van der Waals surface area contributed by atoms with Crippen molar-refractivity contribution in [3.63, 3.8) is 0 Å². The van der Waals surface area contributed by atoms with Crippen LogP contribution < -0.4 is 0 Å². The number of rotatable bonds is 6. The van der Waals surface area contributed by atoms with Crippen LogP contribution in [-0.2, 0) is 0 Å². The summed E-state index contributed by atoms with van der Waals surface area (Å²) in [7, 11) is 0. The van der Waals surface area contributed by atoms with E-state index in [2.05, 4.69) is 71.7 Å². The Balaban J connectivity index is 1.12. The molecule has 11 rings (SSSR count). The van der Waals surface area contributed by atoms with Crippen LogP contribution in [0.1, 0.15) is 0 Å². The summed E-state index contributed by atoms with van der Waals surface area (Å²) in [6.45, 7) is 0. The number of hydrogen-bond donors (Lipinski definition) is 0. The fourth-order valence-corrected chi connectivity index (χ4v) is 7.76. The molecular weight excluding hydrogens is 706 g/mol. The molecule has 0 unspecified atom stereocenters. The van der Waals surface area contributed by atoms with Gasteiger partial charge in [-0.1, -0.05) is 78.9 Å². The van der Waals surface area contributed by atoms with Crippen LogP contribution in [0.3, 0.4) is 0 Å². The smallest absolute Gasteiger partial charge is 0.160 e. The van der Waals surface area contributed by atoms with Crippen molar-refractivity contribution in [3.05, 3.63) is 188 Å². The fraction of sp³-hybridized carbons (Fsp3) is 0. The number of nitrogens with zero attached hydrogens (tertiary/aromatic N) is 3. The maximum absolute atomic E-state index is 14.2. The third-order valence-electron chi connectivity index (χ3n) is 10.7. The van der Waals surface area contributed by atoms with Crippen LogP contribution in [0.2, 0.25) is 0 Å². The molecule has 0 atom stereocenters. The molecule has 7 aromatic carbocycles. The van der Waals surface area contributed by atoms with Gasteiger partial charge in [-0.3, -0.25) is 4.98 Å². The fourth-order valence-electron chi connectivity index (χ4n) is 7.76. The van der Waals surface area contributed by atoms with E-state index < -0.39 is 0 Å². The molecule has 0 spiro atoms. The molecule has 0 aliphatic heterocycles. The molecule has 5 nitrogen and oxygen atoms in total. The molecule has 0 aliphatic rings. The quantitative estimate of drug-likeness (QED) is 0.170. The minimum absolute atomic E-state index is 0.304. The summed E-state index contributed by atoms with van der Waals surface area (Å²) >= 11 is 0. The minimum Gasteiger partial charge on any atom is -0.456 e. The van der Waals surface area contributed by atoms with Gasteiger partial charge in [0.1, 0.15) is 28.1 Å². The number of para-hydroxylation sites is 2. The summed E-state index contributed by atoms with van der Waals surface area (Å²) in [4.78, 5) is 14.6. The first kappa shape index (κ1) is 32.7. The van der Waals surface area contributed by atoms with E-state index in [0.29, 0.717) is 11.5 Å². The second-order valence-corrected chi connectivity index (χ2v) is 14.2. The molecule has 0 aliphatic carbocycles. The molecule has 0 saturated heterocycles. The lowest BCUT2D eigenvalue weighted by atomic mass is 9.93. The molecule has 6 heteroatoms. The van der Waals surface area contributed by atoms with E-state index in [1.54, 1.807) is 18.3 Å². The largest absolute Gasteiger partial charge is 0.456 e. The maximum atomic E-state index is 14.2. The van der Waals surface area contributed by atoms with Gasteiger partial charge in [0.25, 0.3) is 0 Å². The van der Waals surface area contributed by atoms with Crippen LogP contribution in [0, 0.1) is 5.82 Å². The molecule has 0 fully saturated rings. The Kier molecular flexibility index (Phi) is 7.60. The molecule has 268 valence electrons. The van der Waals surface area contributed by atoms with Gasteiger partial charge in [0, 0.05) is 50.6 Å². The summed E-state index contributed by atoms with van der Waals surface area (Å²) in [5.74, 6) is 0.260. The lowest BCUT2D eigenvalue weighted by molar-refractivity contribution is 0.628. The lowest BCUT2D eigenvalue weighted by Gasteiger charge is -2.14. The van der Waals surface area contributed by atoms with E-state index >= 15 is 0 Å². The average Bonchev–Trinajstić information content (AvgIpc) is 3.84. The van der Waals surface area contributed by atoms with Gasteiger partial charge in [0.15, 0.2) is 5.82 Å². The standard InChI is InChI=1S/C51H30FN3O2/c52-40-19-15-32(16-20-40)45-29-46(55-51(54-45)33-13-11-31(12-14-33)36-6-5-23-53-30-36)39-25-37(34-17-21-49-43(27-34)41-7-1-3-9-47(41)56-49)24-38(26-39)35-18-22-50-44(28-35)42-8-2-4-10-48(42)57-50/h1-30H. The zero-order chi connectivity index (χ0) is 37.9. The van der Waals surface area contributed by atoms with E-state index in [-0.39, 0.29) is 5.82 Å². The Morgan fingerprint density at radius 1 is 0.351 bits per heavy atom. The van der Waals surface area contributed by atoms with Crippen molar-refractivity contribution in [1.82, 2.24) is 15.0 Å². The molecule has 0 saturated carbocycles. The highest BCUT2D eigenvalue weighted by Crippen LogP contribution is 2.39. The Morgan fingerprint density at radius 2 is 0.860 bits per heavy atom. The molecule has 0 N–H and O–H groups in total. The summed E-state index contributed by atoms with van der Waals surface area (Å²) < 4.78 is 26.5. The van der Waals surface area contributed by atoms with Crippen LogP contribution >= 0.6 is 0 Å². The van der Waals surface area contributed by atoms with Gasteiger partial charge in [0.2, 0.25) is 0 Å². The van der Waals surface area contributed by atoms with E-state index in [4.69, 9.17) is 18.8 Å². The second kappa shape index (κ2) is 13.3. The highest BCUT2D eigenvalue weighted by atomic mass is 19.1. The zero-order valence-corrected chi connectivity index (χ0v) is 30.4. The topological polar surface area (TPSA) is 65.0 Å². The van der Waals surface area contributed by atoms with Gasteiger partial charge in [-0.25, -0.2) is 14.4 Å². The molecule has 4 aromatic heterocycles. The Morgan fingerprint density at radius 3 is 1.46 bits per heavy atom. The SMILES string of the molecule is Fc1ccc(-c2cc(-c3cc(-c4ccc5oc6ccccc6c5c4)cc(-c4ccc5oc6ccccc6c5c4)c3)nc(-c3ccc(-c4cccnc4)cc3)n2)cc1. The molecule has 0 amide bonds. The number of furan rings is 2. The second-order valence-electron chi connectivity index (χ2n) is 14.2. The zero-order valence-electron chi connectivity index (χ0n) is 30.4. The summed E-state index contributed by atoms with van der Waals surface area (Å²) in [6, 6.07) is 56.2. The Bertz CT molecular complexity index is 3160. The summed E-state index contributed by atoms with van der Waals surface area (Å²) in [5.41, 5.74) is 13.6. The van der Waals surface area contributed by atoms with Crippen LogP contribution in [0.4, 0.5) is 4.39 Å². The van der Waals surface area contributed by atoms with E-state index in [1.165, 1.54) is 12.1 Å². The number of benzene rings is 7. The van der Waals surface area contributed by atoms with Crippen LogP contribution in [-0.4, -0.2) is 15.0 Å². The molecule has 0 bridgehead atoms. The van der Waals surface area contributed by atoms with Gasteiger partial charge in [-0.05, 0) is 124 Å². The molecule has 57 heavy (non-hydrogen) atoms. The minimum atomic E-state index is -0.304. The van der Waals surface area contributed by atoms with Crippen molar-refractivity contribution in [3.8, 4) is 67.3 Å². The third kappa shape index (κ3) is 5.92. The number of hydrogen-bond acceptors (Lipinski definition) is 5. The van der Waals surface area contributed by atoms with Gasteiger partial charge >= 0.3 is 0 Å². The van der Waals surface area contributed by atoms with Crippen LogP contribution in [0.25, 0.3) is 111 Å². The predicted octanol–water partition coefficient (Wildman–Crippen LogP) is 13.8. The first-order valence-electron chi connectivity index (χ1n) is 18.7. The van der Waals surface area contributed by atoms with Crippen LogP contribution in [0.5, 0.6) is 0 Å². The van der Waals surface area contributed by atoms with Crippen molar-refractivity contribution in [2.45, 2.75) is 0 Å². The normalized spacial score (nSPS) is 11.6. The maximum Gasteiger partial charge on any atom is 0.160 e. The first-order chi connectivity index (χ1) is 28.1. The van der Waals surface area contributed by atoms with Crippen molar-refractivity contribution >= 4 is 43.9 Å². The monoisotopic (exact) mass is 735 g/mol. The number of fused-ring (bicyclic) bond motifs is 6. The predicted molar refractivity (Wildman–Crippen MR) is 227 cm³/mol. The van der Waals surface area contributed by atoms with Crippen molar-refractivity contribution in [2.24, 2.45) is 0 Å². The first-order valence-corrected chi connectivity index (χ1v) is 18.7. The number of pyridine rings is 1. The molecule has 11 aromatic rings. The van der Waals surface area contributed by atoms with E-state index in [1.807, 2.05) is 85.1 Å². The van der Waals surface area contributed by atoms with Crippen molar-refractivity contribution < 1.29 is 13.2 Å². The van der Waals surface area contributed by atoms with Crippen LogP contribution in [0.15, 0.2) is 191 Å².